The van der Waals surface area contributed by atoms with Crippen LogP contribution in [-0.4, -0.2) is 5.25 Å². The molecular formula is C10H12N2S. The molecule has 0 aliphatic rings. The lowest BCUT2D eigenvalue weighted by molar-refractivity contribution is 1.23. The molecule has 1 unspecified atom stereocenters. The second kappa shape index (κ2) is 4.20. The molecule has 0 bridgehead atoms. The van der Waals surface area contributed by atoms with Gasteiger partial charge in [0.15, 0.2) is 0 Å². The van der Waals surface area contributed by atoms with E-state index in [9.17, 15) is 0 Å². The second-order valence-electron chi connectivity index (χ2n) is 2.93. The highest BCUT2D eigenvalue weighted by molar-refractivity contribution is 8.00. The van der Waals surface area contributed by atoms with Crippen molar-refractivity contribution in [3.8, 4) is 6.07 Å². The number of hydrogen-bond acceptors (Lipinski definition) is 3. The summed E-state index contributed by atoms with van der Waals surface area (Å²) >= 11 is 1.49. The summed E-state index contributed by atoms with van der Waals surface area (Å²) in [5.41, 5.74) is 7.70. The van der Waals surface area contributed by atoms with Crippen molar-refractivity contribution >= 4 is 17.4 Å². The molecule has 0 aliphatic heterocycles. The first-order valence-electron chi connectivity index (χ1n) is 4.06. The molecule has 1 aromatic rings. The molecule has 2 nitrogen and oxygen atoms in total. The van der Waals surface area contributed by atoms with Gasteiger partial charge in [0.05, 0.1) is 11.3 Å². The van der Waals surface area contributed by atoms with Gasteiger partial charge in [-0.25, -0.2) is 0 Å². The van der Waals surface area contributed by atoms with Crippen molar-refractivity contribution in [3.05, 3.63) is 23.8 Å². The van der Waals surface area contributed by atoms with E-state index in [-0.39, 0.29) is 5.25 Å². The van der Waals surface area contributed by atoms with Crippen LogP contribution >= 0.6 is 11.8 Å². The smallest absolute Gasteiger partial charge is 0.0936 e. The Hall–Kier alpha value is -1.14. The van der Waals surface area contributed by atoms with Crippen LogP contribution in [0.5, 0.6) is 0 Å². The average molecular weight is 192 g/mol. The van der Waals surface area contributed by atoms with Gasteiger partial charge in [0.1, 0.15) is 0 Å². The van der Waals surface area contributed by atoms with E-state index in [1.807, 2.05) is 32.0 Å². The zero-order valence-electron chi connectivity index (χ0n) is 7.74. The third-order valence-electron chi connectivity index (χ3n) is 1.65. The van der Waals surface area contributed by atoms with Gasteiger partial charge in [-0.3, -0.25) is 0 Å². The van der Waals surface area contributed by atoms with Gasteiger partial charge in [0, 0.05) is 10.6 Å². The lowest BCUT2D eigenvalue weighted by atomic mass is 10.2. The molecule has 0 fully saturated rings. The molecule has 13 heavy (non-hydrogen) atoms. The maximum absolute atomic E-state index is 8.63. The standard InChI is InChI=1S/C10H12N2S/c1-7-3-4-10(9(12)5-7)13-8(2)6-11/h3-5,8H,12H2,1-2H3. The van der Waals surface area contributed by atoms with Gasteiger partial charge in [-0.05, 0) is 31.5 Å². The number of nitriles is 1. The Morgan fingerprint density at radius 1 is 1.54 bits per heavy atom. The maximum Gasteiger partial charge on any atom is 0.0936 e. The molecule has 0 heterocycles. The highest BCUT2D eigenvalue weighted by atomic mass is 32.2. The number of nitrogens with zero attached hydrogens (tertiary/aromatic N) is 1. The summed E-state index contributed by atoms with van der Waals surface area (Å²) in [5.74, 6) is 0. The molecule has 0 spiro atoms. The number of nitrogen functional groups attached to an aromatic ring is 1. The molecule has 3 heteroatoms. The number of thioether (sulfide) groups is 1. The summed E-state index contributed by atoms with van der Waals surface area (Å²) in [6, 6.07) is 8.05. The van der Waals surface area contributed by atoms with Gasteiger partial charge in [0.25, 0.3) is 0 Å². The molecule has 0 aromatic heterocycles. The molecule has 0 aliphatic carbocycles. The minimum absolute atomic E-state index is 0.0509. The molecule has 1 atom stereocenters. The van der Waals surface area contributed by atoms with E-state index >= 15 is 0 Å². The van der Waals surface area contributed by atoms with E-state index in [0.29, 0.717) is 0 Å². The Morgan fingerprint density at radius 2 is 2.23 bits per heavy atom. The van der Waals surface area contributed by atoms with E-state index in [0.717, 1.165) is 16.1 Å². The minimum atomic E-state index is -0.0509. The van der Waals surface area contributed by atoms with Crippen molar-refractivity contribution in [2.45, 2.75) is 24.0 Å². The molecule has 0 radical (unpaired) electrons. The maximum atomic E-state index is 8.63. The Bertz CT molecular complexity index is 341. The summed E-state index contributed by atoms with van der Waals surface area (Å²) in [7, 11) is 0. The van der Waals surface area contributed by atoms with Crippen LogP contribution in [0.15, 0.2) is 23.1 Å². The first-order valence-corrected chi connectivity index (χ1v) is 4.94. The fraction of sp³-hybridized carbons (Fsp3) is 0.300. The molecule has 0 saturated carbocycles. The topological polar surface area (TPSA) is 49.8 Å². The molecule has 1 aromatic carbocycles. The number of rotatable bonds is 2. The zero-order valence-corrected chi connectivity index (χ0v) is 8.56. The highest BCUT2D eigenvalue weighted by Gasteiger charge is 2.05. The summed E-state index contributed by atoms with van der Waals surface area (Å²) in [5, 5.41) is 8.58. The first-order chi connectivity index (χ1) is 6.13. The summed E-state index contributed by atoms with van der Waals surface area (Å²) in [4.78, 5) is 0.986. The van der Waals surface area contributed by atoms with Crippen molar-refractivity contribution in [2.24, 2.45) is 0 Å². The lowest BCUT2D eigenvalue weighted by Crippen LogP contribution is -1.94. The molecular weight excluding hydrogens is 180 g/mol. The van der Waals surface area contributed by atoms with E-state index in [4.69, 9.17) is 11.0 Å². The number of benzene rings is 1. The van der Waals surface area contributed by atoms with Crippen molar-refractivity contribution in [2.75, 3.05) is 5.73 Å². The van der Waals surface area contributed by atoms with E-state index < -0.39 is 0 Å². The predicted molar refractivity (Wildman–Crippen MR) is 56.5 cm³/mol. The lowest BCUT2D eigenvalue weighted by Gasteiger charge is -2.06. The fourth-order valence-corrected chi connectivity index (χ4v) is 1.77. The van der Waals surface area contributed by atoms with E-state index in [1.165, 1.54) is 11.8 Å². The average Bonchev–Trinajstić information content (AvgIpc) is 2.09. The number of hydrogen-bond donors (Lipinski definition) is 1. The summed E-state index contributed by atoms with van der Waals surface area (Å²) in [6.07, 6.45) is 0. The first kappa shape index (κ1) is 9.94. The van der Waals surface area contributed by atoms with Crippen LogP contribution in [0.25, 0.3) is 0 Å². The predicted octanol–water partition coefficient (Wildman–Crippen LogP) is 2.58. The Labute approximate surface area is 82.7 Å². The zero-order chi connectivity index (χ0) is 9.84. The van der Waals surface area contributed by atoms with E-state index in [1.54, 1.807) is 0 Å². The van der Waals surface area contributed by atoms with Crippen LogP contribution < -0.4 is 5.73 Å². The van der Waals surface area contributed by atoms with Crippen LogP contribution in [0.2, 0.25) is 0 Å². The van der Waals surface area contributed by atoms with Crippen molar-refractivity contribution < 1.29 is 0 Å². The normalized spacial score (nSPS) is 12.1. The van der Waals surface area contributed by atoms with Crippen molar-refractivity contribution in [3.63, 3.8) is 0 Å². The van der Waals surface area contributed by atoms with Gasteiger partial charge in [-0.15, -0.1) is 11.8 Å². The summed E-state index contributed by atoms with van der Waals surface area (Å²) < 4.78 is 0. The number of nitrogens with two attached hydrogens (primary N) is 1. The Kier molecular flexibility index (Phi) is 3.21. The van der Waals surface area contributed by atoms with Crippen molar-refractivity contribution in [1.29, 1.82) is 5.26 Å². The molecule has 0 saturated heterocycles. The highest BCUT2D eigenvalue weighted by Crippen LogP contribution is 2.28. The molecule has 1 rings (SSSR count). The largest absolute Gasteiger partial charge is 0.398 e. The Balaban J connectivity index is 2.85. The molecule has 2 N–H and O–H groups in total. The summed E-state index contributed by atoms with van der Waals surface area (Å²) in [6.45, 7) is 3.86. The second-order valence-corrected chi connectivity index (χ2v) is 4.31. The van der Waals surface area contributed by atoms with Crippen LogP contribution in [0.1, 0.15) is 12.5 Å². The minimum Gasteiger partial charge on any atom is -0.398 e. The van der Waals surface area contributed by atoms with Gasteiger partial charge in [-0.1, -0.05) is 6.07 Å². The monoisotopic (exact) mass is 192 g/mol. The van der Waals surface area contributed by atoms with Crippen LogP contribution in [0.3, 0.4) is 0 Å². The van der Waals surface area contributed by atoms with Crippen LogP contribution in [-0.2, 0) is 0 Å². The SMILES string of the molecule is Cc1ccc(SC(C)C#N)c(N)c1. The van der Waals surface area contributed by atoms with Gasteiger partial charge in [0.2, 0.25) is 0 Å². The third-order valence-corrected chi connectivity index (χ3v) is 2.74. The van der Waals surface area contributed by atoms with Crippen LogP contribution in [0.4, 0.5) is 5.69 Å². The van der Waals surface area contributed by atoms with Gasteiger partial charge >= 0.3 is 0 Å². The van der Waals surface area contributed by atoms with E-state index in [2.05, 4.69) is 6.07 Å². The van der Waals surface area contributed by atoms with Crippen molar-refractivity contribution in [1.82, 2.24) is 0 Å². The molecule has 68 valence electrons. The Morgan fingerprint density at radius 3 is 2.77 bits per heavy atom. The third kappa shape index (κ3) is 2.67. The van der Waals surface area contributed by atoms with Gasteiger partial charge < -0.3 is 5.73 Å². The van der Waals surface area contributed by atoms with Crippen LogP contribution in [0, 0.1) is 18.3 Å². The number of aryl methyl sites for hydroxylation is 1. The fourth-order valence-electron chi connectivity index (χ4n) is 0.992. The quantitative estimate of drug-likeness (QED) is 0.578. The number of anilines is 1. The molecule has 0 amide bonds. The van der Waals surface area contributed by atoms with Gasteiger partial charge in [-0.2, -0.15) is 5.26 Å².